The van der Waals surface area contributed by atoms with Crippen LogP contribution in [0.3, 0.4) is 0 Å². The highest BCUT2D eigenvalue weighted by Crippen LogP contribution is 2.27. The summed E-state index contributed by atoms with van der Waals surface area (Å²) in [7, 11) is 0. The van der Waals surface area contributed by atoms with E-state index in [0.717, 1.165) is 10.9 Å². The van der Waals surface area contributed by atoms with Crippen LogP contribution in [-0.4, -0.2) is 39.9 Å². The molecule has 3 rings (SSSR count). The number of fused-ring (bicyclic) bond motifs is 1. The summed E-state index contributed by atoms with van der Waals surface area (Å²) in [6.07, 6.45) is 0.845. The summed E-state index contributed by atoms with van der Waals surface area (Å²) in [6, 6.07) is 5.48. The average Bonchev–Trinajstić information content (AvgIpc) is 2.98. The Morgan fingerprint density at radius 3 is 2.95 bits per heavy atom. The number of hydrogen-bond acceptors (Lipinski definition) is 5. The van der Waals surface area contributed by atoms with Gasteiger partial charge in [-0.3, -0.25) is 14.5 Å². The van der Waals surface area contributed by atoms with E-state index in [0.29, 0.717) is 28.7 Å². The van der Waals surface area contributed by atoms with Crippen LogP contribution in [0.15, 0.2) is 32.9 Å². The van der Waals surface area contributed by atoms with Gasteiger partial charge in [0.1, 0.15) is 0 Å². The van der Waals surface area contributed by atoms with Crippen molar-refractivity contribution in [2.24, 2.45) is 10.2 Å². The topological polar surface area (TPSA) is 74.1 Å². The van der Waals surface area contributed by atoms with E-state index in [9.17, 15) is 9.59 Å². The van der Waals surface area contributed by atoms with Crippen molar-refractivity contribution in [2.45, 2.75) is 13.3 Å². The van der Waals surface area contributed by atoms with Gasteiger partial charge in [0.05, 0.1) is 11.4 Å². The van der Waals surface area contributed by atoms with E-state index in [4.69, 9.17) is 0 Å². The second-order valence-corrected chi connectivity index (χ2v) is 6.67. The molecule has 0 aromatic heterocycles. The zero-order valence-electron chi connectivity index (χ0n) is 11.8. The predicted molar refractivity (Wildman–Crippen MR) is 91.2 cm³/mol. The molecular weight excluding hydrogens is 368 g/mol. The van der Waals surface area contributed by atoms with Crippen LogP contribution in [0.5, 0.6) is 0 Å². The van der Waals surface area contributed by atoms with Gasteiger partial charge < -0.3 is 5.32 Å². The summed E-state index contributed by atoms with van der Waals surface area (Å²) in [6.45, 7) is 2.61. The zero-order valence-corrected chi connectivity index (χ0v) is 14.2. The van der Waals surface area contributed by atoms with Crippen molar-refractivity contribution in [3.05, 3.63) is 28.2 Å². The lowest BCUT2D eigenvalue weighted by Crippen LogP contribution is -2.30. The molecule has 6 nitrogen and oxygen atoms in total. The maximum absolute atomic E-state index is 12.0. The van der Waals surface area contributed by atoms with Gasteiger partial charge in [0.2, 0.25) is 5.91 Å². The Labute approximate surface area is 140 Å². The Hall–Kier alpha value is -1.67. The molecule has 1 N–H and O–H groups in total. The lowest BCUT2D eigenvalue weighted by molar-refractivity contribution is -0.124. The summed E-state index contributed by atoms with van der Waals surface area (Å²) in [5, 5.41) is 11.5. The standard InChI is InChI=1S/C14H13BrN4O2S/c1-2-5-19-11(20)7-22-14(19)18-17-12-9-6-8(15)3-4-10(9)16-13(12)21/h3-4,6H,2,5,7H2,1H3,(H,16,17,21)/b18-14-. The van der Waals surface area contributed by atoms with Crippen molar-refractivity contribution in [3.63, 3.8) is 0 Å². The molecule has 0 atom stereocenters. The third-order valence-electron chi connectivity index (χ3n) is 3.24. The number of nitrogens with one attached hydrogen (secondary N) is 1. The molecule has 0 spiro atoms. The van der Waals surface area contributed by atoms with Gasteiger partial charge in [0.15, 0.2) is 10.9 Å². The van der Waals surface area contributed by atoms with Gasteiger partial charge in [0.25, 0.3) is 5.91 Å². The van der Waals surface area contributed by atoms with Crippen molar-refractivity contribution in [1.82, 2.24) is 4.90 Å². The molecule has 0 aliphatic carbocycles. The molecule has 0 unspecified atom stereocenters. The summed E-state index contributed by atoms with van der Waals surface area (Å²) >= 11 is 4.73. The third-order valence-corrected chi connectivity index (χ3v) is 4.68. The van der Waals surface area contributed by atoms with E-state index in [1.54, 1.807) is 4.90 Å². The number of rotatable bonds is 3. The maximum atomic E-state index is 12.0. The predicted octanol–water partition coefficient (Wildman–Crippen LogP) is 2.45. The molecule has 114 valence electrons. The number of benzene rings is 1. The first-order chi connectivity index (χ1) is 10.6. The number of carbonyl (C=O) groups excluding carboxylic acids is 2. The number of hydrogen-bond donors (Lipinski definition) is 1. The van der Waals surface area contributed by atoms with Gasteiger partial charge in [-0.25, -0.2) is 0 Å². The van der Waals surface area contributed by atoms with Crippen LogP contribution in [0, 0.1) is 0 Å². The first kappa shape index (κ1) is 15.2. The first-order valence-corrected chi connectivity index (χ1v) is 8.58. The zero-order chi connectivity index (χ0) is 15.7. The van der Waals surface area contributed by atoms with Crippen LogP contribution >= 0.6 is 27.7 Å². The SMILES string of the molecule is CCCN1C(=O)CS/C1=N\N=C1\C(=O)Nc2ccc(Br)cc21. The molecule has 1 saturated heterocycles. The van der Waals surface area contributed by atoms with Crippen LogP contribution in [0.25, 0.3) is 0 Å². The van der Waals surface area contributed by atoms with Crippen molar-refractivity contribution in [1.29, 1.82) is 0 Å². The van der Waals surface area contributed by atoms with Gasteiger partial charge >= 0.3 is 0 Å². The molecule has 1 aromatic carbocycles. The molecule has 2 heterocycles. The quantitative estimate of drug-likeness (QED) is 0.818. The van der Waals surface area contributed by atoms with E-state index < -0.39 is 0 Å². The van der Waals surface area contributed by atoms with Crippen LogP contribution in [-0.2, 0) is 9.59 Å². The van der Waals surface area contributed by atoms with Gasteiger partial charge in [-0.2, -0.15) is 0 Å². The van der Waals surface area contributed by atoms with Gasteiger partial charge in [0, 0.05) is 16.6 Å². The Balaban J connectivity index is 1.93. The number of halogens is 1. The number of amides is 2. The van der Waals surface area contributed by atoms with Crippen LogP contribution < -0.4 is 5.32 Å². The highest BCUT2D eigenvalue weighted by atomic mass is 79.9. The number of amidine groups is 1. The summed E-state index contributed by atoms with van der Waals surface area (Å²) < 4.78 is 0.862. The lowest BCUT2D eigenvalue weighted by Gasteiger charge is -2.12. The molecule has 2 amide bonds. The number of anilines is 1. The molecule has 8 heteroatoms. The van der Waals surface area contributed by atoms with Crippen LogP contribution in [0.1, 0.15) is 18.9 Å². The van der Waals surface area contributed by atoms with Gasteiger partial charge in [-0.05, 0) is 24.6 Å². The minimum atomic E-state index is -0.284. The maximum Gasteiger partial charge on any atom is 0.276 e. The van der Waals surface area contributed by atoms with Crippen LogP contribution in [0.2, 0.25) is 0 Å². The number of nitrogens with zero attached hydrogens (tertiary/aromatic N) is 3. The smallest absolute Gasteiger partial charge is 0.276 e. The van der Waals surface area contributed by atoms with Crippen molar-refractivity contribution < 1.29 is 9.59 Å². The normalized spacial score (nSPS) is 20.9. The van der Waals surface area contributed by atoms with Crippen LogP contribution in [0.4, 0.5) is 5.69 Å². The minimum absolute atomic E-state index is 0.0322. The van der Waals surface area contributed by atoms with Gasteiger partial charge in [-0.15, -0.1) is 10.2 Å². The fourth-order valence-corrected chi connectivity index (χ4v) is 3.45. The molecule has 0 radical (unpaired) electrons. The highest BCUT2D eigenvalue weighted by molar-refractivity contribution is 9.10. The second-order valence-electron chi connectivity index (χ2n) is 4.81. The van der Waals surface area contributed by atoms with Crippen molar-refractivity contribution in [2.75, 3.05) is 17.6 Å². The minimum Gasteiger partial charge on any atom is -0.320 e. The third kappa shape index (κ3) is 2.80. The fourth-order valence-electron chi connectivity index (χ4n) is 2.23. The molecular formula is C14H13BrN4O2S. The number of thioether (sulfide) groups is 1. The molecule has 1 aromatic rings. The van der Waals surface area contributed by atoms with Gasteiger partial charge in [-0.1, -0.05) is 34.6 Å². The highest BCUT2D eigenvalue weighted by Gasteiger charge is 2.29. The van der Waals surface area contributed by atoms with E-state index in [1.807, 2.05) is 25.1 Å². The van der Waals surface area contributed by atoms with E-state index in [2.05, 4.69) is 31.4 Å². The molecule has 22 heavy (non-hydrogen) atoms. The second kappa shape index (κ2) is 6.21. The molecule has 2 aliphatic rings. The fraction of sp³-hybridized carbons (Fsp3) is 0.286. The van der Waals surface area contributed by atoms with Crippen molar-refractivity contribution in [3.8, 4) is 0 Å². The summed E-state index contributed by atoms with van der Waals surface area (Å²) in [4.78, 5) is 25.4. The van der Waals surface area contributed by atoms with Crippen molar-refractivity contribution >= 4 is 56.1 Å². The Morgan fingerprint density at radius 2 is 2.18 bits per heavy atom. The molecule has 0 bridgehead atoms. The van der Waals surface area contributed by atoms with E-state index in [-0.39, 0.29) is 17.5 Å². The number of carbonyl (C=O) groups is 2. The Kier molecular flexibility index (Phi) is 4.30. The average molecular weight is 381 g/mol. The summed E-state index contributed by atoms with van der Waals surface area (Å²) in [5.74, 6) is 0.122. The van der Waals surface area contributed by atoms with E-state index in [1.165, 1.54) is 11.8 Å². The summed E-state index contributed by atoms with van der Waals surface area (Å²) in [5.41, 5.74) is 1.69. The molecule has 2 aliphatic heterocycles. The first-order valence-electron chi connectivity index (χ1n) is 6.80. The molecule has 0 saturated carbocycles. The largest absolute Gasteiger partial charge is 0.320 e. The monoisotopic (exact) mass is 380 g/mol. The molecule has 1 fully saturated rings. The Morgan fingerprint density at radius 1 is 1.36 bits per heavy atom. The lowest BCUT2D eigenvalue weighted by atomic mass is 10.1. The van der Waals surface area contributed by atoms with E-state index >= 15 is 0 Å². The Bertz CT molecular complexity index is 717.